The van der Waals surface area contributed by atoms with Crippen molar-refractivity contribution in [2.75, 3.05) is 13.1 Å². The predicted octanol–water partition coefficient (Wildman–Crippen LogP) is 1.61. The van der Waals surface area contributed by atoms with Crippen LogP contribution >= 0.6 is 0 Å². The fraction of sp³-hybridized carbons (Fsp3) is 0.300. The Labute approximate surface area is 167 Å². The summed E-state index contributed by atoms with van der Waals surface area (Å²) in [5, 5.41) is 2.83. The average molecular weight is 391 g/mol. The summed E-state index contributed by atoms with van der Waals surface area (Å²) in [5.74, 6) is -0.0172. The van der Waals surface area contributed by atoms with Crippen LogP contribution < -0.4 is 5.32 Å². The smallest absolute Gasteiger partial charge is 0.274 e. The van der Waals surface area contributed by atoms with E-state index in [-0.39, 0.29) is 23.8 Å². The summed E-state index contributed by atoms with van der Waals surface area (Å²) in [7, 11) is 0. The summed E-state index contributed by atoms with van der Waals surface area (Å²) < 4.78 is 1.77. The first-order valence-corrected chi connectivity index (χ1v) is 9.55. The Balaban J connectivity index is 1.51. The Morgan fingerprint density at radius 1 is 0.966 bits per heavy atom. The van der Waals surface area contributed by atoms with Gasteiger partial charge in [-0.1, -0.05) is 6.07 Å². The fourth-order valence-corrected chi connectivity index (χ4v) is 3.35. The Kier molecular flexibility index (Phi) is 5.55. The van der Waals surface area contributed by atoms with Gasteiger partial charge in [0.05, 0.1) is 0 Å². The van der Waals surface area contributed by atoms with Crippen LogP contribution in [0.1, 0.15) is 45.8 Å². The third kappa shape index (κ3) is 4.13. The maximum absolute atomic E-state index is 12.8. The molecular formula is C20H21N7O2. The van der Waals surface area contributed by atoms with Gasteiger partial charge in [0.1, 0.15) is 12.1 Å². The maximum atomic E-state index is 12.8. The van der Waals surface area contributed by atoms with E-state index < -0.39 is 5.91 Å². The molecule has 0 spiro atoms. The molecule has 0 bridgehead atoms. The minimum Gasteiger partial charge on any atom is -0.346 e. The van der Waals surface area contributed by atoms with Crippen LogP contribution in [0, 0.1) is 0 Å². The van der Waals surface area contributed by atoms with Crippen molar-refractivity contribution >= 4 is 11.8 Å². The number of nitrogens with zero attached hydrogens (tertiary/aromatic N) is 6. The van der Waals surface area contributed by atoms with Crippen molar-refractivity contribution in [2.24, 2.45) is 0 Å². The molecule has 0 radical (unpaired) electrons. The van der Waals surface area contributed by atoms with Crippen LogP contribution in [-0.4, -0.2) is 54.3 Å². The first-order chi connectivity index (χ1) is 14.2. The van der Waals surface area contributed by atoms with Crippen LogP contribution in [0.2, 0.25) is 0 Å². The zero-order valence-corrected chi connectivity index (χ0v) is 15.9. The van der Waals surface area contributed by atoms with Gasteiger partial charge in [0.25, 0.3) is 11.8 Å². The molecule has 148 valence electrons. The van der Waals surface area contributed by atoms with Crippen LogP contribution in [0.4, 0.5) is 0 Å². The normalized spacial score (nSPS) is 13.9. The van der Waals surface area contributed by atoms with E-state index in [1.165, 1.54) is 12.4 Å². The van der Waals surface area contributed by atoms with Crippen molar-refractivity contribution in [3.8, 4) is 5.82 Å². The second-order valence-corrected chi connectivity index (χ2v) is 6.75. The zero-order valence-electron chi connectivity index (χ0n) is 15.9. The van der Waals surface area contributed by atoms with Gasteiger partial charge in [-0.3, -0.25) is 14.2 Å². The number of carbonyl (C=O) groups excluding carboxylic acids is 2. The molecule has 0 aromatic carbocycles. The summed E-state index contributed by atoms with van der Waals surface area (Å²) in [5.41, 5.74) is 0.940. The van der Waals surface area contributed by atoms with Gasteiger partial charge in [0, 0.05) is 56.2 Å². The summed E-state index contributed by atoms with van der Waals surface area (Å²) in [6, 6.07) is 3.68. The number of carbonyl (C=O) groups is 2. The average Bonchev–Trinajstić information content (AvgIpc) is 3.32. The number of pyridine rings is 1. The Morgan fingerprint density at radius 2 is 1.76 bits per heavy atom. The van der Waals surface area contributed by atoms with Crippen molar-refractivity contribution in [3.05, 3.63) is 66.4 Å². The predicted molar refractivity (Wildman–Crippen MR) is 104 cm³/mol. The van der Waals surface area contributed by atoms with Crippen LogP contribution in [0.25, 0.3) is 5.82 Å². The number of amides is 2. The molecule has 0 unspecified atom stereocenters. The number of hydrogen-bond acceptors (Lipinski definition) is 6. The fourth-order valence-electron chi connectivity index (χ4n) is 3.35. The Hall–Kier alpha value is -3.62. The first kappa shape index (κ1) is 18.7. The molecule has 4 rings (SSSR count). The highest BCUT2D eigenvalue weighted by Gasteiger charge is 2.25. The first-order valence-electron chi connectivity index (χ1n) is 9.55. The number of rotatable bonds is 5. The SMILES string of the molecule is O=C(NCc1cccnc1-n1ccnc1)c1nccnc1C(=O)N1CCCCC1. The van der Waals surface area contributed by atoms with Crippen molar-refractivity contribution in [3.63, 3.8) is 0 Å². The number of hydrogen-bond donors (Lipinski definition) is 1. The number of aromatic nitrogens is 5. The van der Waals surface area contributed by atoms with E-state index in [9.17, 15) is 9.59 Å². The van der Waals surface area contributed by atoms with Crippen molar-refractivity contribution in [2.45, 2.75) is 25.8 Å². The quantitative estimate of drug-likeness (QED) is 0.708. The minimum absolute atomic E-state index is 0.0381. The maximum Gasteiger partial charge on any atom is 0.274 e. The van der Waals surface area contributed by atoms with Gasteiger partial charge in [-0.15, -0.1) is 0 Å². The molecule has 0 saturated carbocycles. The lowest BCUT2D eigenvalue weighted by Crippen LogP contribution is -2.38. The molecule has 3 aromatic heterocycles. The molecule has 9 heteroatoms. The Bertz CT molecular complexity index is 998. The van der Waals surface area contributed by atoms with Gasteiger partial charge in [0.15, 0.2) is 11.4 Å². The van der Waals surface area contributed by atoms with E-state index >= 15 is 0 Å². The molecule has 1 N–H and O–H groups in total. The van der Waals surface area contributed by atoms with Crippen molar-refractivity contribution in [1.82, 2.24) is 34.7 Å². The third-order valence-corrected chi connectivity index (χ3v) is 4.82. The van der Waals surface area contributed by atoms with Gasteiger partial charge in [-0.2, -0.15) is 0 Å². The summed E-state index contributed by atoms with van der Waals surface area (Å²) in [6.45, 7) is 1.59. The highest BCUT2D eigenvalue weighted by atomic mass is 16.2. The number of piperidine rings is 1. The van der Waals surface area contributed by atoms with Gasteiger partial charge < -0.3 is 10.2 Å². The molecule has 1 aliphatic rings. The summed E-state index contributed by atoms with van der Waals surface area (Å²) >= 11 is 0. The standard InChI is InChI=1S/C20H21N7O2/c28-19(25-13-15-5-4-6-24-18(15)27-12-9-21-14-27)16-17(23-8-7-22-16)20(29)26-10-2-1-3-11-26/h4-9,12,14H,1-3,10-11,13H2,(H,25,28). The van der Waals surface area contributed by atoms with E-state index in [0.29, 0.717) is 18.9 Å². The Morgan fingerprint density at radius 3 is 2.52 bits per heavy atom. The monoisotopic (exact) mass is 391 g/mol. The number of nitrogens with one attached hydrogen (secondary N) is 1. The lowest BCUT2D eigenvalue weighted by molar-refractivity contribution is 0.0711. The van der Waals surface area contributed by atoms with E-state index in [2.05, 4.69) is 25.3 Å². The van der Waals surface area contributed by atoms with E-state index in [1.54, 1.807) is 40.5 Å². The second kappa shape index (κ2) is 8.59. The van der Waals surface area contributed by atoms with Crippen LogP contribution in [0.5, 0.6) is 0 Å². The van der Waals surface area contributed by atoms with Gasteiger partial charge in [0.2, 0.25) is 0 Å². The highest BCUT2D eigenvalue weighted by molar-refractivity contribution is 6.04. The molecular weight excluding hydrogens is 370 g/mol. The summed E-state index contributed by atoms with van der Waals surface area (Å²) in [6.07, 6.45) is 12.7. The highest BCUT2D eigenvalue weighted by Crippen LogP contribution is 2.14. The molecule has 4 heterocycles. The van der Waals surface area contributed by atoms with E-state index in [1.807, 2.05) is 6.07 Å². The topological polar surface area (TPSA) is 106 Å². The third-order valence-electron chi connectivity index (χ3n) is 4.82. The number of imidazole rings is 1. The van der Waals surface area contributed by atoms with Crippen LogP contribution in [0.3, 0.4) is 0 Å². The molecule has 1 saturated heterocycles. The van der Waals surface area contributed by atoms with Crippen molar-refractivity contribution in [1.29, 1.82) is 0 Å². The van der Waals surface area contributed by atoms with E-state index in [4.69, 9.17) is 0 Å². The molecule has 9 nitrogen and oxygen atoms in total. The molecule has 29 heavy (non-hydrogen) atoms. The van der Waals surface area contributed by atoms with Gasteiger partial charge in [-0.25, -0.2) is 19.9 Å². The largest absolute Gasteiger partial charge is 0.346 e. The molecule has 2 amide bonds. The van der Waals surface area contributed by atoms with Crippen LogP contribution in [0.15, 0.2) is 49.4 Å². The van der Waals surface area contributed by atoms with E-state index in [0.717, 1.165) is 24.8 Å². The lowest BCUT2D eigenvalue weighted by Gasteiger charge is -2.26. The van der Waals surface area contributed by atoms with Crippen LogP contribution in [-0.2, 0) is 6.54 Å². The van der Waals surface area contributed by atoms with Gasteiger partial charge >= 0.3 is 0 Å². The molecule has 3 aromatic rings. The summed E-state index contributed by atoms with van der Waals surface area (Å²) in [4.78, 5) is 44.0. The zero-order chi connectivity index (χ0) is 20.1. The molecule has 1 aliphatic heterocycles. The molecule has 1 fully saturated rings. The molecule has 0 atom stereocenters. The minimum atomic E-state index is -0.445. The molecule has 0 aliphatic carbocycles. The number of likely N-dealkylation sites (tertiary alicyclic amines) is 1. The lowest BCUT2D eigenvalue weighted by atomic mass is 10.1. The van der Waals surface area contributed by atoms with Crippen molar-refractivity contribution < 1.29 is 9.59 Å². The second-order valence-electron chi connectivity index (χ2n) is 6.75. The van der Waals surface area contributed by atoms with Gasteiger partial charge in [-0.05, 0) is 25.3 Å².